The van der Waals surface area contributed by atoms with E-state index in [2.05, 4.69) is 56.4 Å². The molecule has 0 radical (unpaired) electrons. The van der Waals surface area contributed by atoms with E-state index < -0.39 is 0 Å². The van der Waals surface area contributed by atoms with Crippen LogP contribution in [0.2, 0.25) is 0 Å². The summed E-state index contributed by atoms with van der Waals surface area (Å²) in [4.78, 5) is 2.38. The number of furan rings is 1. The van der Waals surface area contributed by atoms with Crippen LogP contribution in [0.5, 0.6) is 0 Å². The molecule has 0 saturated heterocycles. The van der Waals surface area contributed by atoms with Crippen molar-refractivity contribution in [2.45, 2.75) is 52.4 Å². The van der Waals surface area contributed by atoms with Crippen LogP contribution in [0.4, 0.5) is 0 Å². The van der Waals surface area contributed by atoms with Crippen LogP contribution in [-0.2, 0) is 13.1 Å². The van der Waals surface area contributed by atoms with Crippen LogP contribution < -0.4 is 5.32 Å². The maximum atomic E-state index is 5.87. The SMILES string of the molecule is CCC(CSC)N(C)Cc1ccc(CNC(C)C)o1. The molecule has 19 heavy (non-hydrogen) atoms. The Bertz CT molecular complexity index is 352. The Morgan fingerprint density at radius 1 is 1.32 bits per heavy atom. The van der Waals surface area contributed by atoms with Crippen LogP contribution in [0.25, 0.3) is 0 Å². The van der Waals surface area contributed by atoms with E-state index in [1.54, 1.807) is 0 Å². The fourth-order valence-corrected chi connectivity index (χ4v) is 2.91. The molecule has 0 aliphatic carbocycles. The molecule has 0 saturated carbocycles. The first-order valence-corrected chi connectivity index (χ1v) is 8.46. The van der Waals surface area contributed by atoms with E-state index in [1.807, 2.05) is 11.8 Å². The number of hydrogen-bond donors (Lipinski definition) is 1. The first kappa shape index (κ1) is 16.6. The Hall–Kier alpha value is -0.450. The van der Waals surface area contributed by atoms with Crippen LogP contribution >= 0.6 is 11.8 Å². The predicted molar refractivity (Wildman–Crippen MR) is 84.6 cm³/mol. The van der Waals surface area contributed by atoms with Gasteiger partial charge in [-0.2, -0.15) is 11.8 Å². The summed E-state index contributed by atoms with van der Waals surface area (Å²) in [7, 11) is 2.18. The third-order valence-electron chi connectivity index (χ3n) is 3.26. The van der Waals surface area contributed by atoms with Gasteiger partial charge in [-0.15, -0.1) is 0 Å². The van der Waals surface area contributed by atoms with E-state index in [0.717, 1.165) is 24.6 Å². The average Bonchev–Trinajstić information content (AvgIpc) is 2.81. The van der Waals surface area contributed by atoms with Crippen molar-refractivity contribution in [1.82, 2.24) is 10.2 Å². The normalized spacial score (nSPS) is 13.4. The molecule has 0 fully saturated rings. The molecule has 1 rings (SSSR count). The van der Waals surface area contributed by atoms with Gasteiger partial charge in [-0.1, -0.05) is 20.8 Å². The van der Waals surface area contributed by atoms with Gasteiger partial charge in [-0.25, -0.2) is 0 Å². The molecular weight excluding hydrogens is 256 g/mol. The van der Waals surface area contributed by atoms with Crippen molar-refractivity contribution in [1.29, 1.82) is 0 Å². The zero-order valence-corrected chi connectivity index (χ0v) is 13.7. The maximum absolute atomic E-state index is 5.87. The standard InChI is InChI=1S/C15H28N2OS/c1-6-13(11-19-5)17(4)10-15-8-7-14(18-15)9-16-12(2)3/h7-8,12-13,16H,6,9-11H2,1-5H3. The molecule has 1 aromatic heterocycles. The molecule has 110 valence electrons. The molecule has 0 aliphatic rings. The molecule has 0 aliphatic heterocycles. The zero-order valence-electron chi connectivity index (χ0n) is 12.9. The van der Waals surface area contributed by atoms with E-state index in [1.165, 1.54) is 12.2 Å². The summed E-state index contributed by atoms with van der Waals surface area (Å²) in [5.41, 5.74) is 0. The van der Waals surface area contributed by atoms with Crippen molar-refractivity contribution < 1.29 is 4.42 Å². The number of rotatable bonds is 9. The van der Waals surface area contributed by atoms with Crippen molar-refractivity contribution in [2.75, 3.05) is 19.1 Å². The first-order valence-electron chi connectivity index (χ1n) is 7.07. The van der Waals surface area contributed by atoms with Gasteiger partial charge in [0.05, 0.1) is 13.1 Å². The summed E-state index contributed by atoms with van der Waals surface area (Å²) in [5.74, 6) is 3.26. The highest BCUT2D eigenvalue weighted by atomic mass is 32.2. The second-order valence-corrected chi connectivity index (χ2v) is 6.25. The summed E-state index contributed by atoms with van der Waals surface area (Å²) in [6, 6.07) is 5.29. The lowest BCUT2D eigenvalue weighted by atomic mass is 10.2. The summed E-state index contributed by atoms with van der Waals surface area (Å²) in [5, 5.41) is 3.37. The van der Waals surface area contributed by atoms with Crippen molar-refractivity contribution >= 4 is 11.8 Å². The van der Waals surface area contributed by atoms with Gasteiger partial charge in [0, 0.05) is 17.8 Å². The minimum absolute atomic E-state index is 0.488. The summed E-state index contributed by atoms with van der Waals surface area (Å²) in [6.45, 7) is 8.24. The van der Waals surface area contributed by atoms with Crippen molar-refractivity contribution in [3.05, 3.63) is 23.7 Å². The summed E-state index contributed by atoms with van der Waals surface area (Å²) in [6.07, 6.45) is 3.35. The average molecular weight is 284 g/mol. The molecule has 0 amide bonds. The molecule has 1 atom stereocenters. The highest BCUT2D eigenvalue weighted by molar-refractivity contribution is 7.98. The minimum atomic E-state index is 0.488. The fraction of sp³-hybridized carbons (Fsp3) is 0.733. The third-order valence-corrected chi connectivity index (χ3v) is 3.98. The Labute approximate surface area is 122 Å². The Kier molecular flexibility index (Phi) is 7.57. The van der Waals surface area contributed by atoms with E-state index >= 15 is 0 Å². The van der Waals surface area contributed by atoms with Gasteiger partial charge in [0.2, 0.25) is 0 Å². The topological polar surface area (TPSA) is 28.4 Å². The largest absolute Gasteiger partial charge is 0.463 e. The molecule has 4 heteroatoms. The molecule has 1 aromatic rings. The fourth-order valence-electron chi connectivity index (χ4n) is 2.03. The highest BCUT2D eigenvalue weighted by Crippen LogP contribution is 2.14. The quantitative estimate of drug-likeness (QED) is 0.753. The van der Waals surface area contributed by atoms with E-state index in [0.29, 0.717) is 12.1 Å². The van der Waals surface area contributed by atoms with Gasteiger partial charge in [0.15, 0.2) is 0 Å². The van der Waals surface area contributed by atoms with Gasteiger partial charge < -0.3 is 9.73 Å². The molecular formula is C15H28N2OS. The van der Waals surface area contributed by atoms with E-state index in [9.17, 15) is 0 Å². The second kappa shape index (κ2) is 8.67. The first-order chi connectivity index (χ1) is 9.06. The van der Waals surface area contributed by atoms with Gasteiger partial charge in [-0.05, 0) is 31.9 Å². The summed E-state index contributed by atoms with van der Waals surface area (Å²) < 4.78 is 5.87. The molecule has 0 spiro atoms. The second-order valence-electron chi connectivity index (χ2n) is 5.34. The summed E-state index contributed by atoms with van der Waals surface area (Å²) >= 11 is 1.91. The van der Waals surface area contributed by atoms with Crippen LogP contribution in [0, 0.1) is 0 Å². The van der Waals surface area contributed by atoms with Crippen LogP contribution in [-0.4, -0.2) is 36.0 Å². The Morgan fingerprint density at radius 3 is 2.58 bits per heavy atom. The van der Waals surface area contributed by atoms with Crippen LogP contribution in [0.15, 0.2) is 16.5 Å². The van der Waals surface area contributed by atoms with Gasteiger partial charge >= 0.3 is 0 Å². The van der Waals surface area contributed by atoms with Crippen molar-refractivity contribution in [2.24, 2.45) is 0 Å². The lowest BCUT2D eigenvalue weighted by Gasteiger charge is -2.25. The van der Waals surface area contributed by atoms with E-state index in [-0.39, 0.29) is 0 Å². The Morgan fingerprint density at radius 2 is 2.00 bits per heavy atom. The number of nitrogens with zero attached hydrogens (tertiary/aromatic N) is 1. The number of thioether (sulfide) groups is 1. The number of nitrogens with one attached hydrogen (secondary N) is 1. The number of hydrogen-bond acceptors (Lipinski definition) is 4. The monoisotopic (exact) mass is 284 g/mol. The van der Waals surface area contributed by atoms with Crippen molar-refractivity contribution in [3.8, 4) is 0 Å². The van der Waals surface area contributed by atoms with Gasteiger partial charge in [0.25, 0.3) is 0 Å². The van der Waals surface area contributed by atoms with Crippen LogP contribution in [0.3, 0.4) is 0 Å². The van der Waals surface area contributed by atoms with Crippen molar-refractivity contribution in [3.63, 3.8) is 0 Å². The highest BCUT2D eigenvalue weighted by Gasteiger charge is 2.14. The maximum Gasteiger partial charge on any atom is 0.118 e. The third kappa shape index (κ3) is 6.02. The molecule has 1 heterocycles. The van der Waals surface area contributed by atoms with Crippen LogP contribution in [0.1, 0.15) is 38.7 Å². The van der Waals surface area contributed by atoms with E-state index in [4.69, 9.17) is 4.42 Å². The molecule has 1 N–H and O–H groups in total. The minimum Gasteiger partial charge on any atom is -0.463 e. The molecule has 0 bridgehead atoms. The molecule has 0 aromatic carbocycles. The van der Waals surface area contributed by atoms with Gasteiger partial charge in [0.1, 0.15) is 11.5 Å². The smallest absolute Gasteiger partial charge is 0.118 e. The Balaban J connectivity index is 2.47. The van der Waals surface area contributed by atoms with Gasteiger partial charge in [-0.3, -0.25) is 4.90 Å². The lowest BCUT2D eigenvalue weighted by Crippen LogP contribution is -2.32. The lowest BCUT2D eigenvalue weighted by molar-refractivity contribution is 0.226. The predicted octanol–water partition coefficient (Wildman–Crippen LogP) is 3.35. The zero-order chi connectivity index (χ0) is 14.3. The molecule has 3 nitrogen and oxygen atoms in total. The molecule has 1 unspecified atom stereocenters.